The maximum Gasteiger partial charge on any atom is 0.290 e. The third kappa shape index (κ3) is 5.66. The van der Waals surface area contributed by atoms with Crippen molar-refractivity contribution in [2.45, 2.75) is 12.5 Å². The number of aliphatic hydroxyl groups is 1. The minimum Gasteiger partial charge on any atom is -0.503 e. The number of amides is 1. The van der Waals surface area contributed by atoms with Crippen molar-refractivity contribution in [1.82, 2.24) is 4.90 Å². The Morgan fingerprint density at radius 1 is 1.00 bits per heavy atom. The second-order valence-electron chi connectivity index (χ2n) is 8.38. The van der Waals surface area contributed by atoms with Crippen molar-refractivity contribution < 1.29 is 24.2 Å². The first-order chi connectivity index (χ1) is 17.8. The molecule has 1 amide bonds. The standard InChI is InChI=1S/C29H25Cl2NO5/c1-36-24-13-9-19(16-25(24)37-2)14-15-32-27(21-11-10-20(30)17-22(21)31)26(28(34)29(32)35)23(33)12-8-18-6-4-3-5-7-18/h3-13,16-17,27,34H,14-15H2,1-2H3/b12-8+/t27-/m1/s1. The molecule has 0 fully saturated rings. The molecule has 0 bridgehead atoms. The molecular formula is C29H25Cl2NO5. The number of ketones is 1. The largest absolute Gasteiger partial charge is 0.503 e. The van der Waals surface area contributed by atoms with Gasteiger partial charge in [-0.15, -0.1) is 0 Å². The Bertz CT molecular complexity index is 1380. The minimum atomic E-state index is -0.884. The fourth-order valence-electron chi connectivity index (χ4n) is 4.29. The normalized spacial score (nSPS) is 15.5. The highest BCUT2D eigenvalue weighted by atomic mass is 35.5. The van der Waals surface area contributed by atoms with Crippen LogP contribution in [0, 0.1) is 0 Å². The lowest BCUT2D eigenvalue weighted by Crippen LogP contribution is -2.33. The second kappa shape index (κ2) is 11.5. The van der Waals surface area contributed by atoms with Gasteiger partial charge in [0.2, 0.25) is 0 Å². The first kappa shape index (κ1) is 26.3. The van der Waals surface area contributed by atoms with Gasteiger partial charge >= 0.3 is 0 Å². The van der Waals surface area contributed by atoms with E-state index in [1.807, 2.05) is 42.5 Å². The quantitative estimate of drug-likeness (QED) is 0.327. The van der Waals surface area contributed by atoms with Gasteiger partial charge in [-0.25, -0.2) is 0 Å². The van der Waals surface area contributed by atoms with Crippen molar-refractivity contribution >= 4 is 41.0 Å². The SMILES string of the molecule is COc1ccc(CCN2C(=O)C(O)=C(C(=O)/C=C/c3ccccc3)[C@H]2c2ccc(Cl)cc2Cl)cc1OC. The number of hydrogen-bond acceptors (Lipinski definition) is 5. The lowest BCUT2D eigenvalue weighted by molar-refractivity contribution is -0.129. The van der Waals surface area contributed by atoms with Crippen LogP contribution in [0.3, 0.4) is 0 Å². The Morgan fingerprint density at radius 3 is 2.41 bits per heavy atom. The molecule has 1 aliphatic heterocycles. The van der Waals surface area contributed by atoms with Gasteiger partial charge in [0.1, 0.15) is 0 Å². The van der Waals surface area contributed by atoms with Gasteiger partial charge in [-0.2, -0.15) is 0 Å². The van der Waals surface area contributed by atoms with Gasteiger partial charge in [-0.05, 0) is 53.5 Å². The van der Waals surface area contributed by atoms with E-state index in [9.17, 15) is 14.7 Å². The van der Waals surface area contributed by atoms with Gasteiger partial charge in [0.05, 0.1) is 25.8 Å². The number of carbonyl (C=O) groups is 2. The van der Waals surface area contributed by atoms with Crippen LogP contribution in [0.1, 0.15) is 22.7 Å². The topological polar surface area (TPSA) is 76.1 Å². The molecule has 37 heavy (non-hydrogen) atoms. The summed E-state index contributed by atoms with van der Waals surface area (Å²) in [4.78, 5) is 28.0. The summed E-state index contributed by atoms with van der Waals surface area (Å²) >= 11 is 12.6. The van der Waals surface area contributed by atoms with E-state index in [0.717, 1.165) is 11.1 Å². The Balaban J connectivity index is 1.68. The summed E-state index contributed by atoms with van der Waals surface area (Å²) < 4.78 is 10.7. The third-order valence-electron chi connectivity index (χ3n) is 6.14. The van der Waals surface area contributed by atoms with E-state index in [4.69, 9.17) is 32.7 Å². The van der Waals surface area contributed by atoms with Crippen LogP contribution < -0.4 is 9.47 Å². The van der Waals surface area contributed by atoms with Crippen molar-refractivity contribution in [2.24, 2.45) is 0 Å². The van der Waals surface area contributed by atoms with Crippen molar-refractivity contribution in [3.63, 3.8) is 0 Å². The molecule has 0 aromatic heterocycles. The monoisotopic (exact) mass is 537 g/mol. The summed E-state index contributed by atoms with van der Waals surface area (Å²) in [6.07, 6.45) is 3.42. The van der Waals surface area contributed by atoms with E-state index in [0.29, 0.717) is 28.5 Å². The maximum atomic E-state index is 13.3. The van der Waals surface area contributed by atoms with Gasteiger partial charge in [0, 0.05) is 16.6 Å². The van der Waals surface area contributed by atoms with Crippen LogP contribution in [-0.4, -0.2) is 42.5 Å². The lowest BCUT2D eigenvalue weighted by atomic mass is 9.95. The summed E-state index contributed by atoms with van der Waals surface area (Å²) in [6.45, 7) is 0.210. The van der Waals surface area contributed by atoms with Gasteiger partial charge in [0.25, 0.3) is 5.91 Å². The Kier molecular flexibility index (Phi) is 8.21. The summed E-state index contributed by atoms with van der Waals surface area (Å²) in [5, 5.41) is 11.6. The molecule has 1 atom stereocenters. The molecule has 8 heteroatoms. The average Bonchev–Trinajstić information content (AvgIpc) is 3.15. The molecule has 0 radical (unpaired) electrons. The van der Waals surface area contributed by atoms with Crippen molar-refractivity contribution in [3.8, 4) is 11.5 Å². The zero-order valence-electron chi connectivity index (χ0n) is 20.3. The van der Waals surface area contributed by atoms with E-state index in [1.165, 1.54) is 11.0 Å². The van der Waals surface area contributed by atoms with Crippen LogP contribution in [0.2, 0.25) is 10.0 Å². The van der Waals surface area contributed by atoms with Crippen LogP contribution in [0.4, 0.5) is 0 Å². The zero-order valence-corrected chi connectivity index (χ0v) is 21.8. The predicted octanol–water partition coefficient (Wildman–Crippen LogP) is 6.23. The number of benzene rings is 3. The highest BCUT2D eigenvalue weighted by molar-refractivity contribution is 6.35. The Labute approximate surface area is 225 Å². The van der Waals surface area contributed by atoms with Crippen LogP contribution >= 0.6 is 23.2 Å². The number of ether oxygens (including phenoxy) is 2. The number of allylic oxidation sites excluding steroid dienone is 1. The average molecular weight is 538 g/mol. The van der Waals surface area contributed by atoms with E-state index < -0.39 is 23.5 Å². The van der Waals surface area contributed by atoms with E-state index >= 15 is 0 Å². The molecule has 1 aliphatic rings. The summed E-state index contributed by atoms with van der Waals surface area (Å²) in [5.41, 5.74) is 2.15. The molecule has 0 saturated carbocycles. The van der Waals surface area contributed by atoms with Crippen molar-refractivity contribution in [3.05, 3.63) is 111 Å². The van der Waals surface area contributed by atoms with Gasteiger partial charge in [-0.1, -0.05) is 71.7 Å². The molecule has 0 spiro atoms. The van der Waals surface area contributed by atoms with E-state index in [-0.39, 0.29) is 17.1 Å². The second-order valence-corrected chi connectivity index (χ2v) is 9.22. The highest BCUT2D eigenvalue weighted by Gasteiger charge is 2.43. The molecule has 3 aromatic carbocycles. The zero-order chi connectivity index (χ0) is 26.5. The van der Waals surface area contributed by atoms with Gasteiger partial charge in [0.15, 0.2) is 23.0 Å². The number of nitrogens with zero attached hydrogens (tertiary/aromatic N) is 1. The summed E-state index contributed by atoms with van der Waals surface area (Å²) in [6, 6.07) is 18.7. The Hall–Kier alpha value is -3.74. The predicted molar refractivity (Wildman–Crippen MR) is 144 cm³/mol. The van der Waals surface area contributed by atoms with E-state index in [1.54, 1.807) is 44.6 Å². The number of carbonyl (C=O) groups excluding carboxylic acids is 2. The molecule has 0 saturated heterocycles. The molecule has 1 N–H and O–H groups in total. The van der Waals surface area contributed by atoms with Gasteiger partial charge < -0.3 is 19.5 Å². The number of rotatable bonds is 9. The van der Waals surface area contributed by atoms with E-state index in [2.05, 4.69) is 0 Å². The fourth-order valence-corrected chi connectivity index (χ4v) is 4.81. The Morgan fingerprint density at radius 2 is 1.73 bits per heavy atom. The maximum absolute atomic E-state index is 13.3. The summed E-state index contributed by atoms with van der Waals surface area (Å²) in [5.74, 6) is -0.571. The molecule has 6 nitrogen and oxygen atoms in total. The van der Waals surface area contributed by atoms with Gasteiger partial charge in [-0.3, -0.25) is 9.59 Å². The first-order valence-corrected chi connectivity index (χ1v) is 12.3. The molecule has 3 aromatic rings. The van der Waals surface area contributed by atoms with Crippen molar-refractivity contribution in [1.29, 1.82) is 0 Å². The van der Waals surface area contributed by atoms with Crippen LogP contribution in [0.25, 0.3) is 6.08 Å². The molecule has 4 rings (SSSR count). The number of aliphatic hydroxyl groups excluding tert-OH is 1. The molecule has 190 valence electrons. The van der Waals surface area contributed by atoms with Crippen LogP contribution in [0.15, 0.2) is 84.1 Å². The minimum absolute atomic E-state index is 0.0336. The number of halogens is 2. The fraction of sp³-hybridized carbons (Fsp3) is 0.172. The first-order valence-electron chi connectivity index (χ1n) is 11.5. The van der Waals surface area contributed by atoms with Crippen LogP contribution in [-0.2, 0) is 16.0 Å². The molecule has 1 heterocycles. The van der Waals surface area contributed by atoms with Crippen LogP contribution in [0.5, 0.6) is 11.5 Å². The number of hydrogen-bond donors (Lipinski definition) is 1. The third-order valence-corrected chi connectivity index (χ3v) is 6.70. The highest BCUT2D eigenvalue weighted by Crippen LogP contribution is 2.41. The molecule has 0 aliphatic carbocycles. The molecular weight excluding hydrogens is 513 g/mol. The lowest BCUT2D eigenvalue weighted by Gasteiger charge is -2.27. The number of methoxy groups -OCH3 is 2. The molecule has 0 unspecified atom stereocenters. The van der Waals surface area contributed by atoms with Crippen molar-refractivity contribution in [2.75, 3.05) is 20.8 Å². The smallest absolute Gasteiger partial charge is 0.290 e. The summed E-state index contributed by atoms with van der Waals surface area (Å²) in [7, 11) is 3.10.